The molecule has 1 aromatic carbocycles. The zero-order valence-electron chi connectivity index (χ0n) is 10.3. The monoisotopic (exact) mass is 264 g/mol. The summed E-state index contributed by atoms with van der Waals surface area (Å²) in [5, 5.41) is 0.786. The van der Waals surface area contributed by atoms with E-state index in [2.05, 4.69) is 9.97 Å². The van der Waals surface area contributed by atoms with Crippen molar-refractivity contribution in [3.63, 3.8) is 0 Å². The molecule has 0 unspecified atom stereocenters. The zero-order chi connectivity index (χ0) is 13.5. The molecule has 6 heteroatoms. The van der Waals surface area contributed by atoms with Crippen LogP contribution >= 0.6 is 0 Å². The summed E-state index contributed by atoms with van der Waals surface area (Å²) in [6.07, 6.45) is -0.327. The predicted molar refractivity (Wildman–Crippen MR) is 70.3 cm³/mol. The molecule has 1 aliphatic rings. The largest absolute Gasteiger partial charge is 0.383 e. The van der Waals surface area contributed by atoms with Crippen LogP contribution in [0.15, 0.2) is 24.3 Å². The smallest absolute Gasteiger partial charge is 0.251 e. The van der Waals surface area contributed by atoms with Crippen LogP contribution in [0.1, 0.15) is 12.8 Å². The molecule has 1 saturated heterocycles. The van der Waals surface area contributed by atoms with Crippen molar-refractivity contribution in [2.24, 2.45) is 0 Å². The van der Waals surface area contributed by atoms with Crippen LogP contribution in [0.4, 0.5) is 20.5 Å². The molecule has 0 bridgehead atoms. The highest BCUT2D eigenvalue weighted by Gasteiger charge is 2.34. The molecular formula is C13H14F2N4. The van der Waals surface area contributed by atoms with Crippen LogP contribution in [0.5, 0.6) is 0 Å². The number of halogens is 2. The van der Waals surface area contributed by atoms with Gasteiger partial charge in [0.05, 0.1) is 5.52 Å². The second-order valence-electron chi connectivity index (χ2n) is 4.77. The maximum absolute atomic E-state index is 13.1. The van der Waals surface area contributed by atoms with Crippen molar-refractivity contribution >= 4 is 22.7 Å². The predicted octanol–water partition coefficient (Wildman–Crippen LogP) is 2.45. The summed E-state index contributed by atoms with van der Waals surface area (Å²) in [6, 6.07) is 7.42. The molecule has 2 aromatic rings. The summed E-state index contributed by atoms with van der Waals surface area (Å²) in [5.74, 6) is -1.75. The number of hydrogen-bond acceptors (Lipinski definition) is 4. The number of alkyl halides is 2. The summed E-state index contributed by atoms with van der Waals surface area (Å²) >= 11 is 0. The molecule has 0 amide bonds. The van der Waals surface area contributed by atoms with Crippen LogP contribution in [-0.2, 0) is 0 Å². The molecule has 4 nitrogen and oxygen atoms in total. The minimum absolute atomic E-state index is 0.164. The van der Waals surface area contributed by atoms with E-state index in [0.717, 1.165) is 10.9 Å². The first-order chi connectivity index (χ1) is 9.05. The summed E-state index contributed by atoms with van der Waals surface area (Å²) in [5.41, 5.74) is 6.63. The Morgan fingerprint density at radius 3 is 2.53 bits per heavy atom. The van der Waals surface area contributed by atoms with Crippen molar-refractivity contribution in [2.45, 2.75) is 18.8 Å². The molecular weight excluding hydrogens is 250 g/mol. The van der Waals surface area contributed by atoms with Crippen molar-refractivity contribution in [2.75, 3.05) is 23.7 Å². The molecule has 3 rings (SSSR count). The van der Waals surface area contributed by atoms with Gasteiger partial charge in [0.2, 0.25) is 5.95 Å². The van der Waals surface area contributed by atoms with Crippen LogP contribution in [0, 0.1) is 0 Å². The molecule has 2 heterocycles. The molecule has 1 aliphatic heterocycles. The summed E-state index contributed by atoms with van der Waals surface area (Å²) in [7, 11) is 0. The van der Waals surface area contributed by atoms with Gasteiger partial charge in [-0.3, -0.25) is 0 Å². The highest BCUT2D eigenvalue weighted by atomic mass is 19.3. The maximum atomic E-state index is 13.1. The Labute approximate surface area is 109 Å². The van der Waals surface area contributed by atoms with Gasteiger partial charge in [-0.25, -0.2) is 13.8 Å². The van der Waals surface area contributed by atoms with E-state index < -0.39 is 5.92 Å². The van der Waals surface area contributed by atoms with Gasteiger partial charge in [-0.15, -0.1) is 0 Å². The van der Waals surface area contributed by atoms with E-state index in [-0.39, 0.29) is 25.9 Å². The van der Waals surface area contributed by atoms with Gasteiger partial charge in [-0.2, -0.15) is 4.98 Å². The number of nitrogens with two attached hydrogens (primary N) is 1. The molecule has 100 valence electrons. The Morgan fingerprint density at radius 1 is 1.11 bits per heavy atom. The van der Waals surface area contributed by atoms with Crippen LogP contribution in [0.25, 0.3) is 10.9 Å². The van der Waals surface area contributed by atoms with Gasteiger partial charge in [-0.1, -0.05) is 12.1 Å². The standard InChI is InChI=1S/C13H14F2N4/c14-13(15)5-7-19(8-6-13)12-17-10-4-2-1-3-9(10)11(16)18-12/h1-4H,5-8H2,(H2,16,17,18). The molecule has 0 saturated carbocycles. The molecule has 0 atom stereocenters. The molecule has 1 fully saturated rings. The summed E-state index contributed by atoms with van der Waals surface area (Å²) < 4.78 is 26.3. The fourth-order valence-corrected chi connectivity index (χ4v) is 2.26. The van der Waals surface area contributed by atoms with Crippen LogP contribution in [-0.4, -0.2) is 29.0 Å². The average Bonchev–Trinajstić information content (AvgIpc) is 2.38. The number of nitrogens with zero attached hydrogens (tertiary/aromatic N) is 3. The van der Waals surface area contributed by atoms with Crippen molar-refractivity contribution in [3.8, 4) is 0 Å². The minimum atomic E-state index is -2.57. The van der Waals surface area contributed by atoms with E-state index in [0.29, 0.717) is 11.8 Å². The Kier molecular flexibility index (Phi) is 2.73. The van der Waals surface area contributed by atoms with E-state index in [9.17, 15) is 8.78 Å². The van der Waals surface area contributed by atoms with Gasteiger partial charge >= 0.3 is 0 Å². The Balaban J connectivity index is 1.94. The van der Waals surface area contributed by atoms with Crippen molar-refractivity contribution in [3.05, 3.63) is 24.3 Å². The first-order valence-electron chi connectivity index (χ1n) is 6.20. The normalized spacial score (nSPS) is 18.7. The topological polar surface area (TPSA) is 55.0 Å². The lowest BCUT2D eigenvalue weighted by Crippen LogP contribution is -2.40. The van der Waals surface area contributed by atoms with E-state index >= 15 is 0 Å². The van der Waals surface area contributed by atoms with Gasteiger partial charge in [0.25, 0.3) is 5.92 Å². The molecule has 0 spiro atoms. The van der Waals surface area contributed by atoms with Gasteiger partial charge < -0.3 is 10.6 Å². The van der Waals surface area contributed by atoms with Gasteiger partial charge in [0.1, 0.15) is 5.82 Å². The maximum Gasteiger partial charge on any atom is 0.251 e. The Hall–Kier alpha value is -1.98. The lowest BCUT2D eigenvalue weighted by atomic mass is 10.1. The van der Waals surface area contributed by atoms with Gasteiger partial charge in [0, 0.05) is 31.3 Å². The molecule has 2 N–H and O–H groups in total. The number of anilines is 2. The average molecular weight is 264 g/mol. The third kappa shape index (κ3) is 2.30. The van der Waals surface area contributed by atoms with Crippen molar-refractivity contribution < 1.29 is 8.78 Å². The van der Waals surface area contributed by atoms with Crippen molar-refractivity contribution in [1.29, 1.82) is 0 Å². The number of piperidine rings is 1. The third-order valence-electron chi connectivity index (χ3n) is 3.40. The van der Waals surface area contributed by atoms with E-state index in [1.54, 1.807) is 4.90 Å². The first kappa shape index (κ1) is 12.1. The van der Waals surface area contributed by atoms with E-state index in [1.165, 1.54) is 0 Å². The Bertz CT molecular complexity index is 605. The minimum Gasteiger partial charge on any atom is -0.383 e. The fraction of sp³-hybridized carbons (Fsp3) is 0.385. The second-order valence-corrected chi connectivity index (χ2v) is 4.77. The van der Waals surface area contributed by atoms with E-state index in [4.69, 9.17) is 5.73 Å². The second kappa shape index (κ2) is 4.29. The molecule has 1 aromatic heterocycles. The zero-order valence-corrected chi connectivity index (χ0v) is 10.3. The lowest BCUT2D eigenvalue weighted by Gasteiger charge is -2.31. The number of hydrogen-bond donors (Lipinski definition) is 1. The number of benzene rings is 1. The van der Waals surface area contributed by atoms with Crippen LogP contribution in [0.3, 0.4) is 0 Å². The SMILES string of the molecule is Nc1nc(N2CCC(F)(F)CC2)nc2ccccc12. The van der Waals surface area contributed by atoms with Gasteiger partial charge in [-0.05, 0) is 12.1 Å². The highest BCUT2D eigenvalue weighted by Crippen LogP contribution is 2.30. The van der Waals surface area contributed by atoms with Crippen LogP contribution in [0.2, 0.25) is 0 Å². The first-order valence-corrected chi connectivity index (χ1v) is 6.20. The number of fused-ring (bicyclic) bond motifs is 1. The number of rotatable bonds is 1. The lowest BCUT2D eigenvalue weighted by molar-refractivity contribution is -0.0222. The highest BCUT2D eigenvalue weighted by molar-refractivity contribution is 5.88. The molecule has 19 heavy (non-hydrogen) atoms. The summed E-state index contributed by atoms with van der Waals surface area (Å²) in [6.45, 7) is 0.509. The molecule has 0 aliphatic carbocycles. The van der Waals surface area contributed by atoms with Crippen molar-refractivity contribution in [1.82, 2.24) is 9.97 Å². The quantitative estimate of drug-likeness (QED) is 0.859. The Morgan fingerprint density at radius 2 is 1.79 bits per heavy atom. The van der Waals surface area contributed by atoms with Gasteiger partial charge in [0.15, 0.2) is 0 Å². The fourth-order valence-electron chi connectivity index (χ4n) is 2.26. The summed E-state index contributed by atoms with van der Waals surface area (Å²) in [4.78, 5) is 10.4. The number of nitrogen functional groups attached to an aromatic ring is 1. The number of para-hydroxylation sites is 1. The number of aromatic nitrogens is 2. The van der Waals surface area contributed by atoms with E-state index in [1.807, 2.05) is 24.3 Å². The third-order valence-corrected chi connectivity index (χ3v) is 3.40. The van der Waals surface area contributed by atoms with Crippen LogP contribution < -0.4 is 10.6 Å². The molecule has 0 radical (unpaired) electrons.